The second-order valence-electron chi connectivity index (χ2n) is 5.50. The van der Waals surface area contributed by atoms with E-state index in [1.165, 1.54) is 0 Å². The molecule has 1 amide bonds. The van der Waals surface area contributed by atoms with E-state index in [0.29, 0.717) is 19.6 Å². The molecule has 1 aliphatic heterocycles. The molecule has 0 radical (unpaired) electrons. The molecule has 19 heavy (non-hydrogen) atoms. The number of amides is 1. The number of carbonyl (C=O) groups is 2. The van der Waals surface area contributed by atoms with Gasteiger partial charge in [0, 0.05) is 19.6 Å². The summed E-state index contributed by atoms with van der Waals surface area (Å²) in [5.41, 5.74) is -0.341. The summed E-state index contributed by atoms with van der Waals surface area (Å²) < 4.78 is 0. The van der Waals surface area contributed by atoms with Crippen molar-refractivity contribution in [2.24, 2.45) is 11.3 Å². The fourth-order valence-electron chi connectivity index (χ4n) is 2.70. The number of nitrogens with zero attached hydrogens (tertiary/aromatic N) is 1. The molecular weight excluding hydrogens is 244 g/mol. The van der Waals surface area contributed by atoms with Crippen molar-refractivity contribution in [1.82, 2.24) is 10.2 Å². The van der Waals surface area contributed by atoms with Crippen molar-refractivity contribution in [2.75, 3.05) is 26.2 Å². The van der Waals surface area contributed by atoms with Crippen molar-refractivity contribution >= 4 is 11.9 Å². The number of nitrogens with one attached hydrogen (secondary N) is 1. The van der Waals surface area contributed by atoms with Gasteiger partial charge in [-0.3, -0.25) is 9.59 Å². The second-order valence-corrected chi connectivity index (χ2v) is 5.50. The van der Waals surface area contributed by atoms with E-state index < -0.39 is 11.9 Å². The third kappa shape index (κ3) is 3.69. The topological polar surface area (TPSA) is 69.6 Å². The molecule has 1 heterocycles. The van der Waals surface area contributed by atoms with E-state index in [1.54, 1.807) is 11.8 Å². The fourth-order valence-corrected chi connectivity index (χ4v) is 2.70. The summed E-state index contributed by atoms with van der Waals surface area (Å²) in [6.07, 6.45) is 2.70. The molecular formula is C14H26N2O3. The number of carboxylic acid groups (broad SMARTS) is 1. The molecule has 1 aliphatic rings. The lowest BCUT2D eigenvalue weighted by atomic mass is 9.77. The van der Waals surface area contributed by atoms with E-state index >= 15 is 0 Å². The van der Waals surface area contributed by atoms with Gasteiger partial charge in [-0.1, -0.05) is 13.8 Å². The molecule has 0 aromatic rings. The molecule has 0 aliphatic carbocycles. The predicted octanol–water partition coefficient (Wildman–Crippen LogP) is 1.34. The van der Waals surface area contributed by atoms with Gasteiger partial charge in [0.15, 0.2) is 0 Å². The molecule has 0 aromatic carbocycles. The summed E-state index contributed by atoms with van der Waals surface area (Å²) in [5, 5.41) is 12.3. The molecule has 110 valence electrons. The Hall–Kier alpha value is -1.10. The molecule has 2 atom stereocenters. The standard InChI is InChI=1S/C14H26N2O3/c1-4-14(7-6-8-15-10-14)13(19)16(5-2)9-11(3)12(17)18/h11,15H,4-10H2,1-3H3,(H,17,18). The zero-order valence-corrected chi connectivity index (χ0v) is 12.2. The lowest BCUT2D eigenvalue weighted by Crippen LogP contribution is -2.52. The highest BCUT2D eigenvalue weighted by Gasteiger charge is 2.40. The minimum Gasteiger partial charge on any atom is -0.481 e. The average Bonchev–Trinajstić information content (AvgIpc) is 2.44. The van der Waals surface area contributed by atoms with Crippen molar-refractivity contribution in [3.8, 4) is 0 Å². The molecule has 2 N–H and O–H groups in total. The number of rotatable bonds is 6. The summed E-state index contributed by atoms with van der Waals surface area (Å²) >= 11 is 0. The monoisotopic (exact) mass is 270 g/mol. The zero-order valence-electron chi connectivity index (χ0n) is 12.2. The highest BCUT2D eigenvalue weighted by molar-refractivity contribution is 5.83. The van der Waals surface area contributed by atoms with Crippen LogP contribution in [0.25, 0.3) is 0 Å². The molecule has 2 unspecified atom stereocenters. The molecule has 1 rings (SSSR count). The lowest BCUT2D eigenvalue weighted by Gasteiger charge is -2.39. The van der Waals surface area contributed by atoms with E-state index in [9.17, 15) is 9.59 Å². The highest BCUT2D eigenvalue weighted by atomic mass is 16.4. The zero-order chi connectivity index (χ0) is 14.5. The first-order valence-electron chi connectivity index (χ1n) is 7.19. The highest BCUT2D eigenvalue weighted by Crippen LogP contribution is 2.32. The van der Waals surface area contributed by atoms with Gasteiger partial charge in [0.1, 0.15) is 0 Å². The molecule has 5 nitrogen and oxygen atoms in total. The Morgan fingerprint density at radius 1 is 1.42 bits per heavy atom. The van der Waals surface area contributed by atoms with Crippen molar-refractivity contribution in [3.63, 3.8) is 0 Å². The Morgan fingerprint density at radius 2 is 2.11 bits per heavy atom. The summed E-state index contributed by atoms with van der Waals surface area (Å²) in [7, 11) is 0. The van der Waals surface area contributed by atoms with Crippen LogP contribution in [0.3, 0.4) is 0 Å². The first-order chi connectivity index (χ1) is 8.96. The normalized spacial score (nSPS) is 24.8. The van der Waals surface area contributed by atoms with E-state index in [1.807, 2.05) is 13.8 Å². The summed E-state index contributed by atoms with van der Waals surface area (Å²) in [5.74, 6) is -1.26. The maximum Gasteiger partial charge on any atom is 0.308 e. The van der Waals surface area contributed by atoms with Crippen LogP contribution >= 0.6 is 0 Å². The van der Waals surface area contributed by atoms with Crippen LogP contribution in [0.5, 0.6) is 0 Å². The first kappa shape index (κ1) is 16.0. The third-order valence-electron chi connectivity index (χ3n) is 4.19. The Labute approximate surface area is 115 Å². The van der Waals surface area contributed by atoms with Gasteiger partial charge in [0.05, 0.1) is 11.3 Å². The van der Waals surface area contributed by atoms with Gasteiger partial charge in [-0.15, -0.1) is 0 Å². The van der Waals surface area contributed by atoms with Crippen molar-refractivity contribution in [1.29, 1.82) is 0 Å². The van der Waals surface area contributed by atoms with Crippen molar-refractivity contribution in [2.45, 2.75) is 40.0 Å². The SMILES string of the molecule is CCN(CC(C)C(=O)O)C(=O)C1(CC)CCCNC1. The lowest BCUT2D eigenvalue weighted by molar-refractivity contribution is -0.147. The van der Waals surface area contributed by atoms with Gasteiger partial charge in [-0.2, -0.15) is 0 Å². The molecule has 1 fully saturated rings. The van der Waals surface area contributed by atoms with Crippen LogP contribution < -0.4 is 5.32 Å². The van der Waals surface area contributed by atoms with Crippen LogP contribution in [0.1, 0.15) is 40.0 Å². The van der Waals surface area contributed by atoms with E-state index in [-0.39, 0.29) is 11.3 Å². The van der Waals surface area contributed by atoms with Crippen LogP contribution in [0.4, 0.5) is 0 Å². The molecule has 0 saturated carbocycles. The van der Waals surface area contributed by atoms with E-state index in [0.717, 1.165) is 25.8 Å². The quantitative estimate of drug-likeness (QED) is 0.764. The first-order valence-corrected chi connectivity index (χ1v) is 7.19. The molecule has 1 saturated heterocycles. The van der Waals surface area contributed by atoms with Gasteiger partial charge in [-0.25, -0.2) is 0 Å². The smallest absolute Gasteiger partial charge is 0.308 e. The van der Waals surface area contributed by atoms with E-state index in [4.69, 9.17) is 5.11 Å². The van der Waals surface area contributed by atoms with Crippen LogP contribution in [0.2, 0.25) is 0 Å². The second kappa shape index (κ2) is 6.89. The summed E-state index contributed by atoms with van der Waals surface area (Å²) in [6.45, 7) is 8.14. The number of carbonyl (C=O) groups excluding carboxylic acids is 1. The number of carboxylic acids is 1. The van der Waals surface area contributed by atoms with Crippen LogP contribution in [0, 0.1) is 11.3 Å². The van der Waals surface area contributed by atoms with Crippen LogP contribution in [0.15, 0.2) is 0 Å². The summed E-state index contributed by atoms with van der Waals surface area (Å²) in [6, 6.07) is 0. The van der Waals surface area contributed by atoms with Crippen molar-refractivity contribution < 1.29 is 14.7 Å². The van der Waals surface area contributed by atoms with Gasteiger partial charge in [-0.05, 0) is 32.7 Å². The minimum atomic E-state index is -0.849. The fraction of sp³-hybridized carbons (Fsp3) is 0.857. The maximum atomic E-state index is 12.7. The maximum absolute atomic E-state index is 12.7. The predicted molar refractivity (Wildman–Crippen MR) is 73.9 cm³/mol. The van der Waals surface area contributed by atoms with Gasteiger partial charge in [0.2, 0.25) is 5.91 Å². The van der Waals surface area contributed by atoms with Crippen molar-refractivity contribution in [3.05, 3.63) is 0 Å². The van der Waals surface area contributed by atoms with Crippen LogP contribution in [-0.4, -0.2) is 48.1 Å². The molecule has 0 bridgehead atoms. The largest absolute Gasteiger partial charge is 0.481 e. The Bertz CT molecular complexity index is 325. The van der Waals surface area contributed by atoms with E-state index in [2.05, 4.69) is 5.32 Å². The molecule has 0 spiro atoms. The Balaban J connectivity index is 2.78. The van der Waals surface area contributed by atoms with Crippen LogP contribution in [-0.2, 0) is 9.59 Å². The van der Waals surface area contributed by atoms with Gasteiger partial charge < -0.3 is 15.3 Å². The Kier molecular flexibility index (Phi) is 5.79. The van der Waals surface area contributed by atoms with Gasteiger partial charge in [0.25, 0.3) is 0 Å². The number of aliphatic carboxylic acids is 1. The number of hydrogen-bond acceptors (Lipinski definition) is 3. The third-order valence-corrected chi connectivity index (χ3v) is 4.19. The number of hydrogen-bond donors (Lipinski definition) is 2. The Morgan fingerprint density at radius 3 is 2.53 bits per heavy atom. The molecule has 5 heteroatoms. The van der Waals surface area contributed by atoms with Gasteiger partial charge >= 0.3 is 5.97 Å². The molecule has 0 aromatic heterocycles. The minimum absolute atomic E-state index is 0.109. The summed E-state index contributed by atoms with van der Waals surface area (Å²) in [4.78, 5) is 25.4. The average molecular weight is 270 g/mol. The number of piperidine rings is 1.